The molecule has 0 aliphatic heterocycles. The predicted octanol–water partition coefficient (Wildman–Crippen LogP) is 1.69. The van der Waals surface area contributed by atoms with Gasteiger partial charge < -0.3 is 21.2 Å². The lowest BCUT2D eigenvalue weighted by Crippen LogP contribution is -2.11. The number of rotatable bonds is 5. The molecule has 0 saturated carbocycles. The molecule has 0 unspecified atom stereocenters. The van der Waals surface area contributed by atoms with Gasteiger partial charge in [-0.3, -0.25) is 0 Å². The zero-order valence-corrected chi connectivity index (χ0v) is 10.2. The van der Waals surface area contributed by atoms with E-state index in [1.165, 1.54) is 12.1 Å². The smallest absolute Gasteiger partial charge is 0.387 e. The second-order valence-corrected chi connectivity index (χ2v) is 3.64. The highest BCUT2D eigenvalue weighted by molar-refractivity contribution is 5.66. The third-order valence-corrected chi connectivity index (χ3v) is 2.26. The van der Waals surface area contributed by atoms with Gasteiger partial charge in [-0.2, -0.15) is 18.7 Å². The second kappa shape index (κ2) is 5.97. The van der Waals surface area contributed by atoms with Crippen LogP contribution in [0.5, 0.6) is 5.75 Å². The highest BCUT2D eigenvalue weighted by Crippen LogP contribution is 2.28. The summed E-state index contributed by atoms with van der Waals surface area (Å²) >= 11 is 0. The number of para-hydroxylation sites is 2. The van der Waals surface area contributed by atoms with E-state index in [0.29, 0.717) is 5.69 Å². The first-order chi connectivity index (χ1) is 9.58. The molecule has 2 rings (SSSR count). The molecule has 0 bridgehead atoms. The van der Waals surface area contributed by atoms with Gasteiger partial charge in [0.2, 0.25) is 5.95 Å². The van der Waals surface area contributed by atoms with E-state index in [1.807, 2.05) is 0 Å². The summed E-state index contributed by atoms with van der Waals surface area (Å²) in [6, 6.07) is 7.67. The number of hydrazine groups is 1. The SMILES string of the molecule is NNc1cc(Nc2ccccc2OC(F)F)nc(N)n1. The third-order valence-electron chi connectivity index (χ3n) is 2.26. The van der Waals surface area contributed by atoms with Crippen molar-refractivity contribution in [1.82, 2.24) is 9.97 Å². The fraction of sp³-hybridized carbons (Fsp3) is 0.0909. The van der Waals surface area contributed by atoms with Crippen molar-refractivity contribution in [2.45, 2.75) is 6.61 Å². The van der Waals surface area contributed by atoms with Crippen molar-refractivity contribution in [1.29, 1.82) is 0 Å². The summed E-state index contributed by atoms with van der Waals surface area (Å²) in [5.74, 6) is 5.77. The van der Waals surface area contributed by atoms with E-state index in [9.17, 15) is 8.78 Å². The fourth-order valence-electron chi connectivity index (χ4n) is 1.51. The van der Waals surface area contributed by atoms with Crippen molar-refractivity contribution in [3.63, 3.8) is 0 Å². The zero-order chi connectivity index (χ0) is 14.5. The van der Waals surface area contributed by atoms with Crippen LogP contribution in [0.2, 0.25) is 0 Å². The molecular weight excluding hydrogens is 270 g/mol. The van der Waals surface area contributed by atoms with Gasteiger partial charge in [0.1, 0.15) is 17.4 Å². The lowest BCUT2D eigenvalue weighted by Gasteiger charge is -2.12. The molecule has 2 aromatic rings. The lowest BCUT2D eigenvalue weighted by atomic mass is 10.3. The average molecular weight is 282 g/mol. The molecule has 1 aromatic heterocycles. The fourth-order valence-corrected chi connectivity index (χ4v) is 1.51. The first-order valence-electron chi connectivity index (χ1n) is 5.50. The molecule has 9 heteroatoms. The number of benzene rings is 1. The molecule has 0 spiro atoms. The Bertz CT molecular complexity index is 595. The van der Waals surface area contributed by atoms with Crippen molar-refractivity contribution >= 4 is 23.3 Å². The van der Waals surface area contributed by atoms with Crippen LogP contribution < -0.4 is 27.1 Å². The summed E-state index contributed by atoms with van der Waals surface area (Å²) in [6.45, 7) is -2.92. The number of nitrogen functional groups attached to an aromatic ring is 2. The Labute approximate surface area is 112 Å². The zero-order valence-electron chi connectivity index (χ0n) is 10.2. The first-order valence-corrected chi connectivity index (χ1v) is 5.50. The summed E-state index contributed by atoms with van der Waals surface area (Å²) in [5, 5.41) is 2.81. The van der Waals surface area contributed by atoms with Gasteiger partial charge in [0.05, 0.1) is 5.69 Å². The first kappa shape index (κ1) is 13.7. The third kappa shape index (κ3) is 3.42. The van der Waals surface area contributed by atoms with Gasteiger partial charge in [-0.05, 0) is 12.1 Å². The number of nitrogens with zero attached hydrogens (tertiary/aromatic N) is 2. The monoisotopic (exact) mass is 282 g/mol. The Hall–Kier alpha value is -2.68. The number of alkyl halides is 2. The van der Waals surface area contributed by atoms with Crippen LogP contribution in [0.3, 0.4) is 0 Å². The molecule has 1 heterocycles. The van der Waals surface area contributed by atoms with E-state index in [4.69, 9.17) is 11.6 Å². The van der Waals surface area contributed by atoms with Crippen LogP contribution >= 0.6 is 0 Å². The number of hydrogen-bond acceptors (Lipinski definition) is 7. The highest BCUT2D eigenvalue weighted by Gasteiger charge is 2.10. The highest BCUT2D eigenvalue weighted by atomic mass is 19.3. The average Bonchev–Trinajstić information content (AvgIpc) is 2.39. The van der Waals surface area contributed by atoms with Gasteiger partial charge in [-0.1, -0.05) is 12.1 Å². The largest absolute Gasteiger partial charge is 0.433 e. The molecule has 1 aromatic carbocycles. The van der Waals surface area contributed by atoms with Crippen LogP contribution in [0.15, 0.2) is 30.3 Å². The Morgan fingerprint density at radius 2 is 1.85 bits per heavy atom. The summed E-state index contributed by atoms with van der Waals surface area (Å²) in [4.78, 5) is 7.72. The van der Waals surface area contributed by atoms with Crippen molar-refractivity contribution in [3.8, 4) is 5.75 Å². The summed E-state index contributed by atoms with van der Waals surface area (Å²) in [6.07, 6.45) is 0. The minimum absolute atomic E-state index is 0.0121. The van der Waals surface area contributed by atoms with Crippen molar-refractivity contribution in [3.05, 3.63) is 30.3 Å². The number of halogens is 2. The van der Waals surface area contributed by atoms with E-state index in [2.05, 4.69) is 25.4 Å². The molecule has 0 saturated heterocycles. The van der Waals surface area contributed by atoms with E-state index < -0.39 is 6.61 Å². The molecule has 0 atom stereocenters. The standard InChI is InChI=1S/C11H12F2N6O/c12-10(13)20-7-4-2-1-3-6(7)16-8-5-9(19-15)18-11(14)17-8/h1-5,10H,15H2,(H4,14,16,17,18,19). The predicted molar refractivity (Wildman–Crippen MR) is 70.6 cm³/mol. The van der Waals surface area contributed by atoms with Gasteiger partial charge >= 0.3 is 6.61 Å². The summed E-state index contributed by atoms with van der Waals surface area (Å²) in [7, 11) is 0. The maximum absolute atomic E-state index is 12.3. The Kier molecular flexibility index (Phi) is 4.11. The van der Waals surface area contributed by atoms with Gasteiger partial charge in [0.25, 0.3) is 0 Å². The number of aromatic nitrogens is 2. The molecule has 20 heavy (non-hydrogen) atoms. The number of nitrogens with one attached hydrogen (secondary N) is 2. The Morgan fingerprint density at radius 3 is 2.55 bits per heavy atom. The van der Waals surface area contributed by atoms with Gasteiger partial charge in [-0.15, -0.1) is 0 Å². The van der Waals surface area contributed by atoms with Crippen molar-refractivity contribution in [2.75, 3.05) is 16.5 Å². The number of hydrogen-bond donors (Lipinski definition) is 4. The molecular formula is C11H12F2N6O. The maximum atomic E-state index is 12.3. The minimum atomic E-state index is -2.92. The molecule has 7 nitrogen and oxygen atoms in total. The molecule has 106 valence electrons. The van der Waals surface area contributed by atoms with Crippen LogP contribution in [-0.4, -0.2) is 16.6 Å². The van der Waals surface area contributed by atoms with Crippen LogP contribution in [0.25, 0.3) is 0 Å². The van der Waals surface area contributed by atoms with Crippen molar-refractivity contribution < 1.29 is 13.5 Å². The quantitative estimate of drug-likeness (QED) is 0.487. The van der Waals surface area contributed by atoms with Crippen LogP contribution in [0.1, 0.15) is 0 Å². The van der Waals surface area contributed by atoms with Gasteiger partial charge in [-0.25, -0.2) is 5.84 Å². The number of nitrogens with two attached hydrogens (primary N) is 2. The Balaban J connectivity index is 2.27. The van der Waals surface area contributed by atoms with Crippen LogP contribution in [-0.2, 0) is 0 Å². The molecule has 0 amide bonds. The summed E-state index contributed by atoms with van der Waals surface area (Å²) < 4.78 is 29.0. The minimum Gasteiger partial charge on any atom is -0.433 e. The number of ether oxygens (including phenoxy) is 1. The van der Waals surface area contributed by atoms with Gasteiger partial charge in [0.15, 0.2) is 0 Å². The second-order valence-electron chi connectivity index (χ2n) is 3.64. The van der Waals surface area contributed by atoms with E-state index >= 15 is 0 Å². The molecule has 0 radical (unpaired) electrons. The lowest BCUT2D eigenvalue weighted by molar-refractivity contribution is -0.0493. The summed E-state index contributed by atoms with van der Waals surface area (Å²) in [5.41, 5.74) is 8.13. The topological polar surface area (TPSA) is 111 Å². The molecule has 0 fully saturated rings. The number of anilines is 4. The van der Waals surface area contributed by atoms with Crippen LogP contribution in [0, 0.1) is 0 Å². The van der Waals surface area contributed by atoms with Gasteiger partial charge in [0, 0.05) is 6.07 Å². The molecule has 6 N–H and O–H groups in total. The normalized spacial score (nSPS) is 10.4. The van der Waals surface area contributed by atoms with Crippen LogP contribution in [0.4, 0.5) is 32.1 Å². The molecule has 0 aliphatic rings. The van der Waals surface area contributed by atoms with E-state index in [1.54, 1.807) is 18.2 Å². The van der Waals surface area contributed by atoms with E-state index in [0.717, 1.165) is 0 Å². The molecule has 0 aliphatic carbocycles. The maximum Gasteiger partial charge on any atom is 0.387 e. The van der Waals surface area contributed by atoms with E-state index in [-0.39, 0.29) is 23.3 Å². The van der Waals surface area contributed by atoms with Crippen molar-refractivity contribution in [2.24, 2.45) is 5.84 Å². The Morgan fingerprint density at radius 1 is 1.15 bits per heavy atom.